The zero-order chi connectivity index (χ0) is 20.8. The molecule has 0 saturated carbocycles. The van der Waals surface area contributed by atoms with E-state index >= 15 is 0 Å². The molecule has 2 N–H and O–H groups in total. The maximum atomic E-state index is 12.1. The van der Waals surface area contributed by atoms with Crippen molar-refractivity contribution >= 4 is 63.7 Å². The maximum Gasteiger partial charge on any atom is 0.287 e. The zero-order valence-electron chi connectivity index (χ0n) is 14.3. The number of hydrazone groups is 1. The van der Waals surface area contributed by atoms with Crippen molar-refractivity contribution in [2.24, 2.45) is 5.10 Å². The van der Waals surface area contributed by atoms with Crippen LogP contribution in [0.4, 0.5) is 11.4 Å². The largest absolute Gasteiger partial charge is 0.326 e. The van der Waals surface area contributed by atoms with Gasteiger partial charge in [0.1, 0.15) is 5.02 Å². The van der Waals surface area contributed by atoms with Crippen LogP contribution in [0.15, 0.2) is 41.5 Å². The first-order valence-electron chi connectivity index (χ1n) is 7.69. The van der Waals surface area contributed by atoms with Crippen molar-refractivity contribution in [3.63, 3.8) is 0 Å². The van der Waals surface area contributed by atoms with Crippen LogP contribution in [0.25, 0.3) is 0 Å². The highest BCUT2D eigenvalue weighted by atomic mass is 35.5. The van der Waals surface area contributed by atoms with Crippen LogP contribution in [0.5, 0.6) is 0 Å². The fourth-order valence-electron chi connectivity index (χ4n) is 2.06. The van der Waals surface area contributed by atoms with Gasteiger partial charge in [0.2, 0.25) is 5.91 Å². The molecule has 2 aromatic carbocycles. The molecule has 0 heterocycles. The van der Waals surface area contributed by atoms with E-state index in [9.17, 15) is 19.7 Å². The summed E-state index contributed by atoms with van der Waals surface area (Å²) in [7, 11) is 0. The Kier molecular flexibility index (Phi) is 7.33. The number of anilines is 1. The Hall–Kier alpha value is -2.68. The van der Waals surface area contributed by atoms with Crippen LogP contribution in [-0.2, 0) is 4.79 Å². The number of hydrogen-bond donors (Lipinski definition) is 2. The molecule has 0 unspecified atom stereocenters. The van der Waals surface area contributed by atoms with E-state index in [-0.39, 0.29) is 28.6 Å². The maximum absolute atomic E-state index is 12.1. The number of nitro groups is 1. The molecule has 0 fully saturated rings. The van der Waals surface area contributed by atoms with Gasteiger partial charge in [-0.3, -0.25) is 19.7 Å². The van der Waals surface area contributed by atoms with E-state index in [1.54, 1.807) is 19.1 Å². The van der Waals surface area contributed by atoms with Gasteiger partial charge in [0.05, 0.1) is 21.4 Å². The number of carbonyl (C=O) groups excluding carboxylic acids is 2. The minimum atomic E-state index is -0.654. The van der Waals surface area contributed by atoms with Crippen LogP contribution in [0, 0.1) is 10.1 Å². The van der Waals surface area contributed by atoms with Gasteiger partial charge in [0, 0.05) is 23.0 Å². The zero-order valence-corrected chi connectivity index (χ0v) is 16.6. The summed E-state index contributed by atoms with van der Waals surface area (Å²) in [5, 5.41) is 17.7. The molecule has 0 bridgehead atoms. The highest BCUT2D eigenvalue weighted by Crippen LogP contribution is 2.25. The van der Waals surface area contributed by atoms with E-state index in [1.807, 2.05) is 0 Å². The Labute approximate surface area is 174 Å². The van der Waals surface area contributed by atoms with Crippen LogP contribution in [-0.4, -0.2) is 22.4 Å². The lowest BCUT2D eigenvalue weighted by Crippen LogP contribution is -2.21. The number of rotatable bonds is 6. The molecular formula is C17H13Cl3N4O4. The van der Waals surface area contributed by atoms with Crippen molar-refractivity contribution in [1.29, 1.82) is 0 Å². The van der Waals surface area contributed by atoms with Crippen molar-refractivity contribution in [3.8, 4) is 0 Å². The molecule has 0 atom stereocenters. The monoisotopic (exact) mass is 442 g/mol. The van der Waals surface area contributed by atoms with Gasteiger partial charge in [-0.05, 0) is 37.3 Å². The van der Waals surface area contributed by atoms with Gasteiger partial charge in [0.25, 0.3) is 11.6 Å². The lowest BCUT2D eigenvalue weighted by atomic mass is 10.2. The fourth-order valence-corrected chi connectivity index (χ4v) is 2.61. The minimum absolute atomic E-state index is 0.0818. The first-order chi connectivity index (χ1) is 13.2. The van der Waals surface area contributed by atoms with Crippen molar-refractivity contribution in [3.05, 3.63) is 67.1 Å². The third-order valence-electron chi connectivity index (χ3n) is 3.37. The summed E-state index contributed by atoms with van der Waals surface area (Å²) in [5.74, 6) is -0.992. The fraction of sp³-hybridized carbons (Fsp3) is 0.118. The number of carbonyl (C=O) groups is 2. The Bertz CT molecular complexity index is 979. The summed E-state index contributed by atoms with van der Waals surface area (Å²) in [6.45, 7) is 1.55. The van der Waals surface area contributed by atoms with Gasteiger partial charge in [-0.25, -0.2) is 5.43 Å². The highest BCUT2D eigenvalue weighted by Gasteiger charge is 2.15. The van der Waals surface area contributed by atoms with E-state index < -0.39 is 10.8 Å². The number of amides is 2. The minimum Gasteiger partial charge on any atom is -0.326 e. The van der Waals surface area contributed by atoms with E-state index in [1.165, 1.54) is 12.1 Å². The van der Waals surface area contributed by atoms with Crippen LogP contribution >= 0.6 is 34.8 Å². The summed E-state index contributed by atoms with van der Waals surface area (Å²) >= 11 is 17.5. The second-order valence-electron chi connectivity index (χ2n) is 5.57. The van der Waals surface area contributed by atoms with Gasteiger partial charge in [-0.15, -0.1) is 0 Å². The summed E-state index contributed by atoms with van der Waals surface area (Å²) in [5.41, 5.74) is 2.85. The van der Waals surface area contributed by atoms with Crippen LogP contribution in [0.1, 0.15) is 23.7 Å². The van der Waals surface area contributed by atoms with E-state index in [0.29, 0.717) is 21.4 Å². The Morgan fingerprint density at radius 3 is 2.39 bits per heavy atom. The predicted octanol–water partition coefficient (Wildman–Crippen LogP) is 4.69. The topological polar surface area (TPSA) is 114 Å². The molecule has 2 aromatic rings. The molecule has 8 nitrogen and oxygen atoms in total. The third-order valence-corrected chi connectivity index (χ3v) is 4.42. The molecule has 0 spiro atoms. The normalized spacial score (nSPS) is 11.1. The second-order valence-corrected chi connectivity index (χ2v) is 6.79. The van der Waals surface area contributed by atoms with E-state index in [0.717, 1.165) is 12.1 Å². The standard InChI is InChI=1S/C17H13Cl3N4O4/c1-9(6-16(25)21-11-3-4-12(18)13(19)8-11)22-23-17(26)10-2-5-15(24(27)28)14(20)7-10/h2-5,7-8H,6H2,1H3,(H,21,25)(H,23,26)/b22-9-. The summed E-state index contributed by atoms with van der Waals surface area (Å²) in [4.78, 5) is 34.2. The molecule has 2 amide bonds. The number of halogens is 3. The number of nitro benzene ring substituents is 1. The Balaban J connectivity index is 1.95. The second kappa shape index (κ2) is 9.50. The molecular weight excluding hydrogens is 431 g/mol. The van der Waals surface area contributed by atoms with Gasteiger partial charge >= 0.3 is 0 Å². The van der Waals surface area contributed by atoms with Crippen molar-refractivity contribution in [2.75, 3.05) is 5.32 Å². The molecule has 0 aliphatic carbocycles. The number of nitrogens with zero attached hydrogens (tertiary/aromatic N) is 2. The molecule has 0 aliphatic rings. The van der Waals surface area contributed by atoms with Gasteiger partial charge in [0.15, 0.2) is 0 Å². The summed E-state index contributed by atoms with van der Waals surface area (Å²) in [6.07, 6.45) is -0.0818. The smallest absolute Gasteiger partial charge is 0.287 e. The van der Waals surface area contributed by atoms with Crippen molar-refractivity contribution in [2.45, 2.75) is 13.3 Å². The highest BCUT2D eigenvalue weighted by molar-refractivity contribution is 6.42. The van der Waals surface area contributed by atoms with E-state index in [2.05, 4.69) is 15.8 Å². The van der Waals surface area contributed by atoms with Crippen molar-refractivity contribution < 1.29 is 14.5 Å². The number of nitrogens with one attached hydrogen (secondary N) is 2. The van der Waals surface area contributed by atoms with Crippen molar-refractivity contribution in [1.82, 2.24) is 5.43 Å². The lowest BCUT2D eigenvalue weighted by Gasteiger charge is -2.07. The molecule has 28 heavy (non-hydrogen) atoms. The van der Waals surface area contributed by atoms with Crippen LogP contribution < -0.4 is 10.7 Å². The summed E-state index contributed by atoms with van der Waals surface area (Å²) < 4.78 is 0. The number of hydrogen-bond acceptors (Lipinski definition) is 5. The predicted molar refractivity (Wildman–Crippen MR) is 108 cm³/mol. The average molecular weight is 444 g/mol. The molecule has 0 aromatic heterocycles. The Morgan fingerprint density at radius 2 is 1.79 bits per heavy atom. The molecule has 11 heteroatoms. The van der Waals surface area contributed by atoms with Crippen LogP contribution in [0.2, 0.25) is 15.1 Å². The SMILES string of the molecule is C/C(CC(=O)Nc1ccc(Cl)c(Cl)c1)=N/NC(=O)c1ccc([N+](=O)[O-])c(Cl)c1. The molecule has 2 rings (SSSR count). The third kappa shape index (κ3) is 5.91. The van der Waals surface area contributed by atoms with Gasteiger partial charge < -0.3 is 5.32 Å². The lowest BCUT2D eigenvalue weighted by molar-refractivity contribution is -0.384. The molecule has 0 saturated heterocycles. The Morgan fingerprint density at radius 1 is 1.07 bits per heavy atom. The molecule has 146 valence electrons. The molecule has 0 aliphatic heterocycles. The summed E-state index contributed by atoms with van der Waals surface area (Å²) in [6, 6.07) is 8.19. The van der Waals surface area contributed by atoms with Gasteiger partial charge in [-0.1, -0.05) is 34.8 Å². The number of benzene rings is 2. The van der Waals surface area contributed by atoms with Gasteiger partial charge in [-0.2, -0.15) is 5.10 Å². The first kappa shape index (κ1) is 21.6. The van der Waals surface area contributed by atoms with E-state index in [4.69, 9.17) is 34.8 Å². The van der Waals surface area contributed by atoms with Crippen LogP contribution in [0.3, 0.4) is 0 Å². The first-order valence-corrected chi connectivity index (χ1v) is 8.83. The molecule has 0 radical (unpaired) electrons. The quantitative estimate of drug-likeness (QED) is 0.383. The average Bonchev–Trinajstić information content (AvgIpc) is 2.62.